The van der Waals surface area contributed by atoms with Crippen LogP contribution in [0.2, 0.25) is 0 Å². The van der Waals surface area contributed by atoms with Gasteiger partial charge >= 0.3 is 0 Å². The quantitative estimate of drug-likeness (QED) is 0.838. The molecule has 17 heavy (non-hydrogen) atoms. The van der Waals surface area contributed by atoms with Crippen LogP contribution < -0.4 is 16.0 Å². The van der Waals surface area contributed by atoms with Crippen molar-refractivity contribution in [2.75, 3.05) is 24.2 Å². The molecule has 1 saturated heterocycles. The number of nitrogen functional groups attached to an aromatic ring is 1. The van der Waals surface area contributed by atoms with Crippen LogP contribution in [-0.4, -0.2) is 29.9 Å². The molecule has 0 bridgehead atoms. The first-order valence-electron chi connectivity index (χ1n) is 5.89. The van der Waals surface area contributed by atoms with Gasteiger partial charge in [0.25, 0.3) is 5.91 Å². The van der Waals surface area contributed by atoms with Gasteiger partial charge in [-0.15, -0.1) is 0 Å². The monoisotopic (exact) mass is 254 g/mol. The van der Waals surface area contributed by atoms with Gasteiger partial charge in [-0.25, -0.2) is 0 Å². The summed E-state index contributed by atoms with van der Waals surface area (Å²) in [6.45, 7) is 3.16. The summed E-state index contributed by atoms with van der Waals surface area (Å²) in [6, 6.07) is 0.451. The topological polar surface area (TPSA) is 71.2 Å². The van der Waals surface area contributed by atoms with Gasteiger partial charge in [0.1, 0.15) is 10.6 Å². The summed E-state index contributed by atoms with van der Waals surface area (Å²) in [6.07, 6.45) is 3.57. The van der Waals surface area contributed by atoms with Crippen LogP contribution >= 0.6 is 11.5 Å². The Morgan fingerprint density at radius 2 is 2.35 bits per heavy atom. The van der Waals surface area contributed by atoms with Gasteiger partial charge in [0, 0.05) is 19.6 Å². The van der Waals surface area contributed by atoms with E-state index in [1.165, 1.54) is 18.0 Å². The molecule has 1 atom stereocenters. The van der Waals surface area contributed by atoms with Crippen molar-refractivity contribution in [3.05, 3.63) is 5.56 Å². The minimum atomic E-state index is -0.149. The summed E-state index contributed by atoms with van der Waals surface area (Å²) in [7, 11) is 1.61. The maximum atomic E-state index is 11.8. The summed E-state index contributed by atoms with van der Waals surface area (Å²) in [5.74, 6) is 0.186. The highest BCUT2D eigenvalue weighted by atomic mass is 32.1. The number of nitrogens with two attached hydrogens (primary N) is 1. The number of anilines is 2. The minimum absolute atomic E-state index is 0.149. The first kappa shape index (κ1) is 12.2. The van der Waals surface area contributed by atoms with E-state index in [1.54, 1.807) is 7.05 Å². The average molecular weight is 254 g/mol. The molecular formula is C11H18N4OS. The molecule has 1 aromatic rings. The molecule has 0 aromatic carbocycles. The number of carbonyl (C=O) groups excluding carboxylic acids is 1. The lowest BCUT2D eigenvalue weighted by Gasteiger charge is -2.34. The van der Waals surface area contributed by atoms with E-state index in [9.17, 15) is 4.79 Å². The summed E-state index contributed by atoms with van der Waals surface area (Å²) >= 11 is 1.32. The fourth-order valence-corrected chi connectivity index (χ4v) is 3.17. The summed E-state index contributed by atoms with van der Waals surface area (Å²) < 4.78 is 4.11. The molecule has 94 valence electrons. The van der Waals surface area contributed by atoms with Crippen molar-refractivity contribution in [2.45, 2.75) is 32.2 Å². The Kier molecular flexibility index (Phi) is 3.51. The smallest absolute Gasteiger partial charge is 0.257 e. The predicted molar refractivity (Wildman–Crippen MR) is 70.6 cm³/mol. The number of hydrogen-bond donors (Lipinski definition) is 2. The predicted octanol–water partition coefficient (Wildman–Crippen LogP) is 1.46. The normalized spacial score (nSPS) is 20.4. The molecule has 0 aliphatic carbocycles. The first-order chi connectivity index (χ1) is 8.15. The Balaban J connectivity index is 2.34. The van der Waals surface area contributed by atoms with Crippen LogP contribution in [0.15, 0.2) is 0 Å². The third kappa shape index (κ3) is 2.22. The van der Waals surface area contributed by atoms with Crippen LogP contribution in [0.4, 0.5) is 10.8 Å². The Morgan fingerprint density at radius 3 is 3.00 bits per heavy atom. The molecule has 6 heteroatoms. The fraction of sp³-hybridized carbons (Fsp3) is 0.636. The number of carbonyl (C=O) groups is 1. The molecule has 0 radical (unpaired) electrons. The van der Waals surface area contributed by atoms with Crippen LogP contribution in [0, 0.1) is 0 Å². The second-order valence-electron chi connectivity index (χ2n) is 4.37. The fourth-order valence-electron chi connectivity index (χ4n) is 2.23. The molecule has 1 fully saturated rings. The highest BCUT2D eigenvalue weighted by Gasteiger charge is 2.27. The molecule has 1 unspecified atom stereocenters. The largest absolute Gasteiger partial charge is 0.382 e. The van der Waals surface area contributed by atoms with E-state index >= 15 is 0 Å². The number of amides is 1. The van der Waals surface area contributed by atoms with Gasteiger partial charge in [-0.2, -0.15) is 4.37 Å². The molecule has 0 saturated carbocycles. The maximum absolute atomic E-state index is 11.8. The van der Waals surface area contributed by atoms with Gasteiger partial charge in [-0.05, 0) is 37.7 Å². The second-order valence-corrected chi connectivity index (χ2v) is 5.12. The molecule has 1 aliphatic rings. The third-order valence-corrected chi connectivity index (χ3v) is 4.12. The highest BCUT2D eigenvalue weighted by Crippen LogP contribution is 2.34. The van der Waals surface area contributed by atoms with Gasteiger partial charge in [-0.1, -0.05) is 0 Å². The number of aromatic nitrogens is 1. The van der Waals surface area contributed by atoms with Gasteiger partial charge < -0.3 is 16.0 Å². The maximum Gasteiger partial charge on any atom is 0.257 e. The highest BCUT2D eigenvalue weighted by molar-refractivity contribution is 7.11. The van der Waals surface area contributed by atoms with E-state index in [0.717, 1.165) is 24.4 Å². The number of rotatable bonds is 2. The van der Waals surface area contributed by atoms with Crippen LogP contribution in [0.1, 0.15) is 36.5 Å². The third-order valence-electron chi connectivity index (χ3n) is 3.22. The van der Waals surface area contributed by atoms with Crippen molar-refractivity contribution in [3.63, 3.8) is 0 Å². The molecule has 3 N–H and O–H groups in total. The Labute approximate surface area is 105 Å². The molecule has 1 aliphatic heterocycles. The lowest BCUT2D eigenvalue weighted by atomic mass is 10.0. The van der Waals surface area contributed by atoms with Crippen molar-refractivity contribution in [1.29, 1.82) is 0 Å². The van der Waals surface area contributed by atoms with E-state index in [2.05, 4.69) is 21.5 Å². The van der Waals surface area contributed by atoms with E-state index in [-0.39, 0.29) is 5.91 Å². The number of nitrogens with zero attached hydrogens (tertiary/aromatic N) is 2. The second kappa shape index (κ2) is 4.91. The number of nitrogens with one attached hydrogen (secondary N) is 1. The van der Waals surface area contributed by atoms with E-state index in [4.69, 9.17) is 5.73 Å². The standard InChI is InChI=1S/C11H18N4OS/c1-7-5-3-4-6-15(7)11-8(10(16)13-2)9(12)14-17-11/h7H,3-6H2,1-2H3,(H2,12,14)(H,13,16). The van der Waals surface area contributed by atoms with E-state index in [1.807, 2.05) is 0 Å². The van der Waals surface area contributed by atoms with Crippen LogP contribution in [-0.2, 0) is 0 Å². The lowest BCUT2D eigenvalue weighted by Crippen LogP contribution is -2.38. The van der Waals surface area contributed by atoms with Crippen LogP contribution in [0.3, 0.4) is 0 Å². The zero-order valence-corrected chi connectivity index (χ0v) is 11.0. The van der Waals surface area contributed by atoms with Crippen molar-refractivity contribution < 1.29 is 4.79 Å². The van der Waals surface area contributed by atoms with Crippen molar-refractivity contribution in [2.24, 2.45) is 0 Å². The van der Waals surface area contributed by atoms with Crippen LogP contribution in [0.5, 0.6) is 0 Å². The first-order valence-corrected chi connectivity index (χ1v) is 6.66. The van der Waals surface area contributed by atoms with Gasteiger partial charge in [0.15, 0.2) is 5.82 Å². The summed E-state index contributed by atoms with van der Waals surface area (Å²) in [5.41, 5.74) is 6.32. The van der Waals surface area contributed by atoms with Crippen molar-refractivity contribution in [1.82, 2.24) is 9.69 Å². The number of piperidine rings is 1. The molecule has 1 amide bonds. The van der Waals surface area contributed by atoms with E-state index in [0.29, 0.717) is 17.4 Å². The molecule has 0 spiro atoms. The van der Waals surface area contributed by atoms with Crippen molar-refractivity contribution in [3.8, 4) is 0 Å². The zero-order chi connectivity index (χ0) is 12.4. The lowest BCUT2D eigenvalue weighted by molar-refractivity contribution is 0.0964. The average Bonchev–Trinajstić information content (AvgIpc) is 2.71. The van der Waals surface area contributed by atoms with Crippen molar-refractivity contribution >= 4 is 28.3 Å². The minimum Gasteiger partial charge on any atom is -0.382 e. The van der Waals surface area contributed by atoms with Gasteiger partial charge in [-0.3, -0.25) is 4.79 Å². The van der Waals surface area contributed by atoms with E-state index < -0.39 is 0 Å². The molecule has 5 nitrogen and oxygen atoms in total. The van der Waals surface area contributed by atoms with Gasteiger partial charge in [0.2, 0.25) is 0 Å². The Bertz CT molecular complexity index is 418. The summed E-state index contributed by atoms with van der Waals surface area (Å²) in [5, 5.41) is 3.53. The Hall–Kier alpha value is -1.30. The molecule has 2 rings (SSSR count). The SMILES string of the molecule is CNC(=O)c1c(N)nsc1N1CCCCC1C. The Morgan fingerprint density at radius 1 is 1.59 bits per heavy atom. The summed E-state index contributed by atoms with van der Waals surface area (Å²) in [4.78, 5) is 14.1. The van der Waals surface area contributed by atoms with Gasteiger partial charge in [0.05, 0.1) is 0 Å². The number of hydrogen-bond acceptors (Lipinski definition) is 5. The zero-order valence-electron chi connectivity index (χ0n) is 10.2. The molecular weight excluding hydrogens is 236 g/mol. The van der Waals surface area contributed by atoms with Crippen LogP contribution in [0.25, 0.3) is 0 Å². The molecule has 2 heterocycles. The molecule has 1 aromatic heterocycles.